The van der Waals surface area contributed by atoms with Crippen molar-refractivity contribution in [2.24, 2.45) is 0 Å². The number of hydrogen-bond donors (Lipinski definition) is 3. The average Bonchev–Trinajstić information content (AvgIpc) is 2.42. The second-order valence-corrected chi connectivity index (χ2v) is 4.32. The highest BCUT2D eigenvalue weighted by Crippen LogP contribution is 2.25. The fourth-order valence-electron chi connectivity index (χ4n) is 1.65. The minimum absolute atomic E-state index is 0.0928. The zero-order chi connectivity index (χ0) is 14.1. The predicted octanol–water partition coefficient (Wildman–Crippen LogP) is 2.39. The molecule has 0 aliphatic carbocycles. The number of carbonyl (C=O) groups is 1. The summed E-state index contributed by atoms with van der Waals surface area (Å²) < 4.78 is 5.01. The molecule has 1 aromatic rings. The Balaban J connectivity index is 2.33. The van der Waals surface area contributed by atoms with Crippen LogP contribution in [0, 0.1) is 0 Å². The molecule has 0 fully saturated rings. The van der Waals surface area contributed by atoms with Crippen molar-refractivity contribution in [3.8, 4) is 11.5 Å². The number of rotatable bonds is 7. The van der Waals surface area contributed by atoms with Crippen LogP contribution in [0.3, 0.4) is 0 Å². The van der Waals surface area contributed by atoms with E-state index in [4.69, 9.17) is 4.74 Å². The monoisotopic (exact) mass is 266 g/mol. The SMILES string of the molecule is CCCCCNC(=O)NCc1ccc(O)c(OC)c1. The maximum atomic E-state index is 11.5. The third-order valence-corrected chi connectivity index (χ3v) is 2.76. The van der Waals surface area contributed by atoms with Crippen molar-refractivity contribution in [3.05, 3.63) is 23.8 Å². The van der Waals surface area contributed by atoms with E-state index in [1.165, 1.54) is 7.11 Å². The number of nitrogens with one attached hydrogen (secondary N) is 2. The van der Waals surface area contributed by atoms with Crippen LogP contribution in [-0.4, -0.2) is 24.8 Å². The molecule has 0 atom stereocenters. The Morgan fingerprint density at radius 2 is 2.11 bits per heavy atom. The number of carbonyl (C=O) groups excluding carboxylic acids is 1. The number of phenols is 1. The van der Waals surface area contributed by atoms with Gasteiger partial charge >= 0.3 is 6.03 Å². The van der Waals surface area contributed by atoms with Crippen molar-refractivity contribution >= 4 is 6.03 Å². The quantitative estimate of drug-likeness (QED) is 0.664. The molecular formula is C14H22N2O3. The van der Waals surface area contributed by atoms with Crippen LogP contribution >= 0.6 is 0 Å². The van der Waals surface area contributed by atoms with Gasteiger partial charge in [0.25, 0.3) is 0 Å². The minimum Gasteiger partial charge on any atom is -0.504 e. The fraction of sp³-hybridized carbons (Fsp3) is 0.500. The molecule has 2 amide bonds. The third kappa shape index (κ3) is 5.50. The van der Waals surface area contributed by atoms with Crippen LogP contribution in [0.2, 0.25) is 0 Å². The lowest BCUT2D eigenvalue weighted by atomic mass is 10.2. The molecule has 5 heteroatoms. The van der Waals surface area contributed by atoms with Gasteiger partial charge in [-0.05, 0) is 24.1 Å². The normalized spacial score (nSPS) is 10.0. The van der Waals surface area contributed by atoms with Gasteiger partial charge in [-0.1, -0.05) is 25.8 Å². The van der Waals surface area contributed by atoms with Crippen LogP contribution in [0.15, 0.2) is 18.2 Å². The van der Waals surface area contributed by atoms with Gasteiger partial charge in [0, 0.05) is 13.1 Å². The Morgan fingerprint density at radius 3 is 2.79 bits per heavy atom. The zero-order valence-electron chi connectivity index (χ0n) is 11.5. The average molecular weight is 266 g/mol. The van der Waals surface area contributed by atoms with Gasteiger partial charge in [0.15, 0.2) is 11.5 Å². The predicted molar refractivity (Wildman–Crippen MR) is 74.4 cm³/mol. The van der Waals surface area contributed by atoms with Crippen molar-refractivity contribution in [1.82, 2.24) is 10.6 Å². The van der Waals surface area contributed by atoms with Crippen molar-refractivity contribution in [2.75, 3.05) is 13.7 Å². The van der Waals surface area contributed by atoms with Crippen molar-refractivity contribution < 1.29 is 14.6 Å². The summed E-state index contributed by atoms with van der Waals surface area (Å²) in [5, 5.41) is 15.0. The number of unbranched alkanes of at least 4 members (excludes halogenated alkanes) is 2. The Bertz CT molecular complexity index is 408. The molecule has 106 valence electrons. The molecule has 0 radical (unpaired) electrons. The molecule has 0 bridgehead atoms. The first kappa shape index (κ1) is 15.1. The van der Waals surface area contributed by atoms with Gasteiger partial charge in [-0.3, -0.25) is 0 Å². The number of amides is 2. The summed E-state index contributed by atoms with van der Waals surface area (Å²) in [4.78, 5) is 11.5. The van der Waals surface area contributed by atoms with Gasteiger partial charge in [0.1, 0.15) is 0 Å². The highest BCUT2D eigenvalue weighted by molar-refractivity contribution is 5.73. The molecule has 1 aromatic carbocycles. The molecular weight excluding hydrogens is 244 g/mol. The van der Waals surface area contributed by atoms with E-state index in [1.807, 2.05) is 0 Å². The number of urea groups is 1. The molecule has 0 aliphatic heterocycles. The van der Waals surface area contributed by atoms with E-state index in [0.717, 1.165) is 24.8 Å². The second-order valence-electron chi connectivity index (χ2n) is 4.32. The van der Waals surface area contributed by atoms with Gasteiger partial charge in [-0.2, -0.15) is 0 Å². The van der Waals surface area contributed by atoms with Crippen LogP contribution < -0.4 is 15.4 Å². The van der Waals surface area contributed by atoms with E-state index in [-0.39, 0.29) is 11.8 Å². The largest absolute Gasteiger partial charge is 0.504 e. The summed E-state index contributed by atoms with van der Waals surface area (Å²) >= 11 is 0. The maximum Gasteiger partial charge on any atom is 0.315 e. The van der Waals surface area contributed by atoms with Crippen LogP contribution in [0.25, 0.3) is 0 Å². The first-order valence-electron chi connectivity index (χ1n) is 6.55. The summed E-state index contributed by atoms with van der Waals surface area (Å²) in [7, 11) is 1.49. The molecule has 1 rings (SSSR count). The molecule has 19 heavy (non-hydrogen) atoms. The summed E-state index contributed by atoms with van der Waals surface area (Å²) in [5.74, 6) is 0.498. The number of methoxy groups -OCH3 is 1. The van der Waals surface area contributed by atoms with Gasteiger partial charge in [-0.25, -0.2) is 4.79 Å². The highest BCUT2D eigenvalue weighted by atomic mass is 16.5. The van der Waals surface area contributed by atoms with E-state index < -0.39 is 0 Å². The number of ether oxygens (including phenoxy) is 1. The number of phenolic OH excluding ortho intramolecular Hbond substituents is 1. The first-order valence-corrected chi connectivity index (χ1v) is 6.55. The lowest BCUT2D eigenvalue weighted by Gasteiger charge is -2.09. The van der Waals surface area contributed by atoms with Crippen molar-refractivity contribution in [1.29, 1.82) is 0 Å². The Kier molecular flexibility index (Phi) is 6.57. The molecule has 3 N–H and O–H groups in total. The first-order chi connectivity index (χ1) is 9.17. The van der Waals surface area contributed by atoms with Gasteiger partial charge in [0.05, 0.1) is 7.11 Å². The van der Waals surface area contributed by atoms with Gasteiger partial charge in [0.2, 0.25) is 0 Å². The molecule has 5 nitrogen and oxygen atoms in total. The number of benzene rings is 1. The van der Waals surface area contributed by atoms with Crippen molar-refractivity contribution in [3.63, 3.8) is 0 Å². The number of hydrogen-bond acceptors (Lipinski definition) is 3. The number of aromatic hydroxyl groups is 1. The smallest absolute Gasteiger partial charge is 0.315 e. The van der Waals surface area contributed by atoms with Crippen LogP contribution in [0.4, 0.5) is 4.79 Å². The van der Waals surface area contributed by atoms with Crippen molar-refractivity contribution in [2.45, 2.75) is 32.7 Å². The van der Waals surface area contributed by atoms with Crippen LogP contribution in [0.5, 0.6) is 11.5 Å². The molecule has 0 aliphatic rings. The van der Waals surface area contributed by atoms with E-state index >= 15 is 0 Å². The Labute approximate surface area is 114 Å². The van der Waals surface area contributed by atoms with E-state index in [1.54, 1.807) is 18.2 Å². The maximum absolute atomic E-state index is 11.5. The molecule has 0 aromatic heterocycles. The topological polar surface area (TPSA) is 70.6 Å². The summed E-state index contributed by atoms with van der Waals surface area (Å²) in [6, 6.07) is 4.82. The fourth-order valence-corrected chi connectivity index (χ4v) is 1.65. The minimum atomic E-state index is -0.178. The summed E-state index contributed by atoms with van der Waals surface area (Å²) in [5.41, 5.74) is 0.873. The van der Waals surface area contributed by atoms with E-state index in [2.05, 4.69) is 17.6 Å². The zero-order valence-corrected chi connectivity index (χ0v) is 11.5. The second kappa shape index (κ2) is 8.24. The Hall–Kier alpha value is -1.91. The molecule has 0 saturated carbocycles. The molecule has 0 heterocycles. The molecule has 0 spiro atoms. The third-order valence-electron chi connectivity index (χ3n) is 2.76. The summed E-state index contributed by atoms with van der Waals surface area (Å²) in [6.07, 6.45) is 3.25. The van der Waals surface area contributed by atoms with Crippen LogP contribution in [-0.2, 0) is 6.54 Å². The van der Waals surface area contributed by atoms with E-state index in [0.29, 0.717) is 18.8 Å². The molecule has 0 unspecified atom stereocenters. The van der Waals surface area contributed by atoms with Gasteiger partial charge < -0.3 is 20.5 Å². The Morgan fingerprint density at radius 1 is 1.32 bits per heavy atom. The lowest BCUT2D eigenvalue weighted by molar-refractivity contribution is 0.240. The summed E-state index contributed by atoms with van der Waals surface area (Å²) in [6.45, 7) is 3.22. The lowest BCUT2D eigenvalue weighted by Crippen LogP contribution is -2.35. The highest BCUT2D eigenvalue weighted by Gasteiger charge is 2.04. The van der Waals surface area contributed by atoms with Crippen LogP contribution in [0.1, 0.15) is 31.7 Å². The van der Waals surface area contributed by atoms with Gasteiger partial charge in [-0.15, -0.1) is 0 Å². The van der Waals surface area contributed by atoms with E-state index in [9.17, 15) is 9.90 Å². The molecule has 0 saturated heterocycles. The standard InChI is InChI=1S/C14H22N2O3/c1-3-4-5-8-15-14(18)16-10-11-6-7-12(17)13(9-11)19-2/h6-7,9,17H,3-5,8,10H2,1-2H3,(H2,15,16,18).